The van der Waals surface area contributed by atoms with Crippen molar-refractivity contribution in [2.75, 3.05) is 7.05 Å². The Labute approximate surface area is 157 Å². The first kappa shape index (κ1) is 18.6. The van der Waals surface area contributed by atoms with E-state index in [4.69, 9.17) is 4.42 Å². The molecule has 0 atom stereocenters. The molecule has 28 heavy (non-hydrogen) atoms. The van der Waals surface area contributed by atoms with E-state index >= 15 is 0 Å². The van der Waals surface area contributed by atoms with Crippen LogP contribution in [0.2, 0.25) is 0 Å². The van der Waals surface area contributed by atoms with Crippen LogP contribution in [0.15, 0.2) is 52.9 Å². The molecule has 0 saturated carbocycles. The quantitative estimate of drug-likeness (QED) is 0.466. The molecular weight excluding hydrogens is 370 g/mol. The number of non-ortho nitro benzene ring substituents is 1. The van der Waals surface area contributed by atoms with Crippen LogP contribution in [0.4, 0.5) is 11.4 Å². The van der Waals surface area contributed by atoms with Gasteiger partial charge in [0, 0.05) is 18.7 Å². The highest BCUT2D eigenvalue weighted by Gasteiger charge is 2.27. The summed E-state index contributed by atoms with van der Waals surface area (Å²) >= 11 is 0. The van der Waals surface area contributed by atoms with E-state index in [0.29, 0.717) is 5.56 Å². The van der Waals surface area contributed by atoms with Crippen molar-refractivity contribution >= 4 is 17.3 Å². The molecule has 3 rings (SSSR count). The fraction of sp³-hybridized carbons (Fsp3) is 0.118. The minimum absolute atomic E-state index is 0.0905. The number of nitro benzene ring substituents is 2. The molecule has 3 aromatic rings. The van der Waals surface area contributed by atoms with Gasteiger partial charge in [0.1, 0.15) is 5.56 Å². The fourth-order valence-electron chi connectivity index (χ4n) is 2.46. The van der Waals surface area contributed by atoms with Crippen molar-refractivity contribution in [1.29, 1.82) is 0 Å². The van der Waals surface area contributed by atoms with Crippen LogP contribution in [-0.4, -0.2) is 37.9 Å². The number of nitrogens with zero attached hydrogens (tertiary/aromatic N) is 5. The van der Waals surface area contributed by atoms with Crippen molar-refractivity contribution in [3.63, 3.8) is 0 Å². The number of carbonyl (C=O) groups excluding carboxylic acids is 1. The SMILES string of the molecule is CN(Cc1nnc(-c2ccccc2)o1)C(=O)c1ccc([N+](=O)[O-])cc1[N+](=O)[O-]. The maximum atomic E-state index is 12.6. The Kier molecular flexibility index (Phi) is 5.07. The first-order valence-corrected chi connectivity index (χ1v) is 7.93. The molecule has 0 spiro atoms. The van der Waals surface area contributed by atoms with Crippen LogP contribution in [0.3, 0.4) is 0 Å². The zero-order valence-electron chi connectivity index (χ0n) is 14.5. The third-order valence-electron chi connectivity index (χ3n) is 3.83. The minimum Gasteiger partial charge on any atom is -0.419 e. The van der Waals surface area contributed by atoms with E-state index in [2.05, 4.69) is 10.2 Å². The van der Waals surface area contributed by atoms with Crippen molar-refractivity contribution in [1.82, 2.24) is 15.1 Å². The molecule has 2 aromatic carbocycles. The summed E-state index contributed by atoms with van der Waals surface area (Å²) in [4.78, 5) is 34.2. The van der Waals surface area contributed by atoms with Crippen molar-refractivity contribution in [3.05, 3.63) is 80.2 Å². The minimum atomic E-state index is -0.839. The maximum Gasteiger partial charge on any atom is 0.289 e. The summed E-state index contributed by atoms with van der Waals surface area (Å²) < 4.78 is 5.52. The Morgan fingerprint density at radius 2 is 1.79 bits per heavy atom. The molecule has 1 heterocycles. The Balaban J connectivity index is 1.81. The topological polar surface area (TPSA) is 146 Å². The van der Waals surface area contributed by atoms with Gasteiger partial charge in [-0.3, -0.25) is 25.0 Å². The summed E-state index contributed by atoms with van der Waals surface area (Å²) in [7, 11) is 1.40. The summed E-state index contributed by atoms with van der Waals surface area (Å²) in [5, 5.41) is 29.8. The van der Waals surface area contributed by atoms with Crippen LogP contribution in [0.5, 0.6) is 0 Å². The van der Waals surface area contributed by atoms with E-state index in [0.717, 1.165) is 23.1 Å². The first-order chi connectivity index (χ1) is 13.4. The molecule has 11 nitrogen and oxygen atoms in total. The van der Waals surface area contributed by atoms with Gasteiger partial charge in [0.25, 0.3) is 17.3 Å². The van der Waals surface area contributed by atoms with Gasteiger partial charge in [-0.05, 0) is 18.2 Å². The number of amides is 1. The van der Waals surface area contributed by atoms with Crippen LogP contribution in [0, 0.1) is 20.2 Å². The second-order valence-corrected chi connectivity index (χ2v) is 5.74. The van der Waals surface area contributed by atoms with Gasteiger partial charge in [-0.2, -0.15) is 0 Å². The second kappa shape index (κ2) is 7.61. The summed E-state index contributed by atoms with van der Waals surface area (Å²) in [6, 6.07) is 11.9. The molecule has 11 heteroatoms. The van der Waals surface area contributed by atoms with E-state index in [9.17, 15) is 25.0 Å². The first-order valence-electron chi connectivity index (χ1n) is 7.93. The zero-order chi connectivity index (χ0) is 20.3. The summed E-state index contributed by atoms with van der Waals surface area (Å²) in [6.07, 6.45) is 0. The van der Waals surface area contributed by atoms with Gasteiger partial charge < -0.3 is 9.32 Å². The van der Waals surface area contributed by atoms with Crippen LogP contribution >= 0.6 is 0 Å². The molecule has 1 amide bonds. The molecule has 0 unspecified atom stereocenters. The number of carbonyl (C=O) groups is 1. The summed E-state index contributed by atoms with van der Waals surface area (Å²) in [6.45, 7) is -0.0905. The lowest BCUT2D eigenvalue weighted by molar-refractivity contribution is -0.394. The predicted molar refractivity (Wildman–Crippen MR) is 95.3 cm³/mol. The molecule has 0 N–H and O–H groups in total. The summed E-state index contributed by atoms with van der Waals surface area (Å²) in [5.41, 5.74) is -0.695. The molecule has 0 fully saturated rings. The lowest BCUT2D eigenvalue weighted by atomic mass is 10.1. The van der Waals surface area contributed by atoms with Gasteiger partial charge in [0.2, 0.25) is 11.8 Å². The summed E-state index contributed by atoms with van der Waals surface area (Å²) in [5.74, 6) is -0.293. The predicted octanol–water partition coefficient (Wildman–Crippen LogP) is 2.83. The van der Waals surface area contributed by atoms with Crippen molar-refractivity contribution in [3.8, 4) is 11.5 Å². The average Bonchev–Trinajstić information content (AvgIpc) is 3.16. The number of benzene rings is 2. The molecule has 0 aliphatic heterocycles. The smallest absolute Gasteiger partial charge is 0.289 e. The Morgan fingerprint density at radius 3 is 2.43 bits per heavy atom. The van der Waals surface area contributed by atoms with Crippen LogP contribution in [0.1, 0.15) is 16.2 Å². The molecule has 0 bridgehead atoms. The molecule has 1 aromatic heterocycles. The zero-order valence-corrected chi connectivity index (χ0v) is 14.5. The molecular formula is C17H13N5O6. The van der Waals surface area contributed by atoms with E-state index in [1.54, 1.807) is 12.1 Å². The van der Waals surface area contributed by atoms with Crippen molar-refractivity contribution in [2.45, 2.75) is 6.54 Å². The second-order valence-electron chi connectivity index (χ2n) is 5.74. The lowest BCUT2D eigenvalue weighted by Crippen LogP contribution is -2.27. The van der Waals surface area contributed by atoms with E-state index in [1.807, 2.05) is 18.2 Å². The fourth-order valence-corrected chi connectivity index (χ4v) is 2.46. The lowest BCUT2D eigenvalue weighted by Gasteiger charge is -2.14. The van der Waals surface area contributed by atoms with Gasteiger partial charge in [-0.25, -0.2) is 0 Å². The third kappa shape index (κ3) is 3.82. The number of hydrogen-bond donors (Lipinski definition) is 0. The van der Waals surface area contributed by atoms with E-state index in [1.165, 1.54) is 7.05 Å². The Hall–Kier alpha value is -4.15. The van der Waals surface area contributed by atoms with Gasteiger partial charge in [-0.1, -0.05) is 18.2 Å². The van der Waals surface area contributed by atoms with Gasteiger partial charge in [0.15, 0.2) is 0 Å². The molecule has 0 radical (unpaired) electrons. The molecule has 0 aliphatic rings. The average molecular weight is 383 g/mol. The highest BCUT2D eigenvalue weighted by molar-refractivity contribution is 5.98. The number of aromatic nitrogens is 2. The van der Waals surface area contributed by atoms with Gasteiger partial charge in [-0.15, -0.1) is 10.2 Å². The normalized spacial score (nSPS) is 10.5. The number of rotatable bonds is 6. The van der Waals surface area contributed by atoms with Crippen LogP contribution in [0.25, 0.3) is 11.5 Å². The van der Waals surface area contributed by atoms with Crippen molar-refractivity contribution < 1.29 is 19.1 Å². The van der Waals surface area contributed by atoms with Gasteiger partial charge >= 0.3 is 0 Å². The number of hydrogen-bond acceptors (Lipinski definition) is 8. The Morgan fingerprint density at radius 1 is 1.07 bits per heavy atom. The highest BCUT2D eigenvalue weighted by atomic mass is 16.6. The molecule has 0 saturated heterocycles. The van der Waals surface area contributed by atoms with E-state index < -0.39 is 27.1 Å². The third-order valence-corrected chi connectivity index (χ3v) is 3.83. The van der Waals surface area contributed by atoms with Gasteiger partial charge in [0.05, 0.1) is 22.5 Å². The van der Waals surface area contributed by atoms with Crippen LogP contribution < -0.4 is 0 Å². The highest BCUT2D eigenvalue weighted by Crippen LogP contribution is 2.26. The van der Waals surface area contributed by atoms with Crippen molar-refractivity contribution in [2.24, 2.45) is 0 Å². The molecule has 142 valence electrons. The standard InChI is InChI=1S/C17H13N5O6/c1-20(10-15-18-19-16(28-15)11-5-3-2-4-6-11)17(23)13-8-7-12(21(24)25)9-14(13)22(26)27/h2-9H,10H2,1H3. The van der Waals surface area contributed by atoms with E-state index in [-0.39, 0.29) is 23.9 Å². The maximum absolute atomic E-state index is 12.6. The number of nitro groups is 2. The largest absolute Gasteiger partial charge is 0.419 e. The van der Waals surface area contributed by atoms with Crippen LogP contribution in [-0.2, 0) is 6.54 Å². The molecule has 0 aliphatic carbocycles. The monoisotopic (exact) mass is 383 g/mol. The Bertz CT molecular complexity index is 1050.